The number of anilines is 1. The molecular weight excluding hydrogens is 594 g/mol. The number of ketones is 1. The molecule has 1 heterocycles. The molecule has 4 aliphatic rings. The minimum Gasteiger partial charge on any atom is -0.454 e. The van der Waals surface area contributed by atoms with Gasteiger partial charge < -0.3 is 4.74 Å². The number of rotatable bonds is 5. The highest BCUT2D eigenvalue weighted by molar-refractivity contribution is 9.09. The summed E-state index contributed by atoms with van der Waals surface area (Å²) >= 11 is 4.00. The van der Waals surface area contributed by atoms with Gasteiger partial charge in [0.05, 0.1) is 27.4 Å². The number of hydrogen-bond acceptors (Lipinski definition) is 5. The maximum Gasteiger partial charge on any atom is 0.338 e. The summed E-state index contributed by atoms with van der Waals surface area (Å²) < 4.78 is 4.48. The number of halogens is 1. The maximum atomic E-state index is 14.1. The molecule has 1 fully saturated rings. The molecule has 0 saturated carbocycles. The summed E-state index contributed by atoms with van der Waals surface area (Å²) in [6.07, 6.45) is 0. The lowest BCUT2D eigenvalue weighted by Gasteiger charge is -2.51. The molecule has 0 spiro atoms. The molecule has 7 heteroatoms. The topological polar surface area (TPSA) is 80.8 Å². The molecule has 4 aromatic carbocycles. The van der Waals surface area contributed by atoms with Crippen LogP contribution in [0, 0.1) is 25.7 Å². The second kappa shape index (κ2) is 9.60. The number of Topliss-reactive ketones (excluding diaryl/α,β-unsaturated/α-hetero) is 1. The summed E-state index contributed by atoms with van der Waals surface area (Å²) in [4.78, 5) is 54.8. The molecule has 0 unspecified atom stereocenters. The molecule has 6 nitrogen and oxygen atoms in total. The summed E-state index contributed by atoms with van der Waals surface area (Å²) in [7, 11) is 0. The van der Waals surface area contributed by atoms with Crippen LogP contribution in [0.5, 0.6) is 0 Å². The summed E-state index contributed by atoms with van der Waals surface area (Å²) in [5.41, 5.74) is 7.06. The number of hydrogen-bond donors (Lipinski definition) is 0. The van der Waals surface area contributed by atoms with Crippen molar-refractivity contribution in [2.45, 2.75) is 24.1 Å². The number of ether oxygens (including phenoxy) is 1. The van der Waals surface area contributed by atoms with Gasteiger partial charge in [0.1, 0.15) is 0 Å². The Morgan fingerprint density at radius 1 is 0.833 bits per heavy atom. The normalized spacial score (nSPS) is 23.3. The molecule has 1 aliphatic heterocycles. The van der Waals surface area contributed by atoms with Crippen LogP contribution < -0.4 is 4.90 Å². The van der Waals surface area contributed by atoms with E-state index in [1.165, 1.54) is 17.0 Å². The van der Waals surface area contributed by atoms with E-state index in [1.807, 2.05) is 74.5 Å². The third kappa shape index (κ3) is 3.69. The molecule has 208 valence electrons. The number of nitrogens with zero attached hydrogens (tertiary/aromatic N) is 1. The zero-order valence-corrected chi connectivity index (χ0v) is 24.6. The molecule has 4 aromatic rings. The number of carbonyl (C=O) groups is 4. The fourth-order valence-electron chi connectivity index (χ4n) is 7.01. The average Bonchev–Trinajstić information content (AvgIpc) is 3.28. The zero-order chi connectivity index (χ0) is 29.3. The quantitative estimate of drug-likeness (QED) is 0.114. The van der Waals surface area contributed by atoms with Crippen molar-refractivity contribution in [3.05, 3.63) is 136 Å². The van der Waals surface area contributed by atoms with Crippen LogP contribution in [0.25, 0.3) is 0 Å². The van der Waals surface area contributed by atoms with Crippen LogP contribution in [0.15, 0.2) is 91.0 Å². The Kier molecular flexibility index (Phi) is 6.06. The van der Waals surface area contributed by atoms with E-state index < -0.39 is 22.1 Å². The Hall–Kier alpha value is -4.36. The van der Waals surface area contributed by atoms with E-state index in [9.17, 15) is 19.2 Å². The van der Waals surface area contributed by atoms with Crippen LogP contribution in [-0.4, -0.2) is 30.2 Å². The Morgan fingerprint density at radius 2 is 1.45 bits per heavy atom. The minimum atomic E-state index is -0.826. The lowest BCUT2D eigenvalue weighted by molar-refractivity contribution is -0.122. The van der Waals surface area contributed by atoms with Gasteiger partial charge in [0.2, 0.25) is 17.6 Å². The van der Waals surface area contributed by atoms with Crippen molar-refractivity contribution in [1.82, 2.24) is 0 Å². The standard InChI is InChI=1S/C35H26BrNO5/c1-19-11-12-20(2)25(17-19)28(38)18-42-34(41)21-13-15-22(16-14-21)37-32(39)30-29-23-7-3-5-9-26(23)35(36,31(30)33(37)40)27-10-6-4-8-24(27)29/h3-17,29-31H,18H2,1-2H3/t29?,30-,31+,35?/m0/s1. The predicted molar refractivity (Wildman–Crippen MR) is 161 cm³/mol. The third-order valence-electron chi connectivity index (χ3n) is 8.90. The molecule has 1 saturated heterocycles. The van der Waals surface area contributed by atoms with Crippen LogP contribution in [0.2, 0.25) is 0 Å². The molecule has 2 amide bonds. The van der Waals surface area contributed by atoms with Gasteiger partial charge in [-0.15, -0.1) is 0 Å². The molecule has 2 bridgehead atoms. The largest absolute Gasteiger partial charge is 0.454 e. The minimum absolute atomic E-state index is 0.223. The van der Waals surface area contributed by atoms with E-state index in [0.29, 0.717) is 11.3 Å². The van der Waals surface area contributed by atoms with E-state index in [0.717, 1.165) is 33.4 Å². The first kappa shape index (κ1) is 26.5. The average molecular weight is 620 g/mol. The monoisotopic (exact) mass is 619 g/mol. The fraction of sp³-hybridized carbons (Fsp3) is 0.200. The Balaban J connectivity index is 1.15. The van der Waals surface area contributed by atoms with Crippen molar-refractivity contribution in [2.24, 2.45) is 11.8 Å². The van der Waals surface area contributed by atoms with E-state index in [2.05, 4.69) is 15.9 Å². The second-order valence-electron chi connectivity index (χ2n) is 11.2. The molecule has 3 aliphatic carbocycles. The number of esters is 1. The Bertz CT molecular complexity index is 1780. The van der Waals surface area contributed by atoms with Crippen LogP contribution in [0.4, 0.5) is 5.69 Å². The number of benzene rings is 4. The summed E-state index contributed by atoms with van der Waals surface area (Å²) in [6.45, 7) is 3.35. The van der Waals surface area contributed by atoms with Crippen molar-refractivity contribution >= 4 is 45.2 Å². The first-order valence-electron chi connectivity index (χ1n) is 13.8. The summed E-state index contributed by atoms with van der Waals surface area (Å²) in [6, 6.07) is 27.8. The highest BCUT2D eigenvalue weighted by atomic mass is 79.9. The number of carbonyl (C=O) groups excluding carboxylic acids is 4. The number of amides is 2. The van der Waals surface area contributed by atoms with E-state index >= 15 is 0 Å². The van der Waals surface area contributed by atoms with Gasteiger partial charge in [0.15, 0.2) is 6.61 Å². The van der Waals surface area contributed by atoms with Gasteiger partial charge in [-0.05, 0) is 72.0 Å². The van der Waals surface area contributed by atoms with Gasteiger partial charge in [-0.1, -0.05) is 82.2 Å². The van der Waals surface area contributed by atoms with Gasteiger partial charge in [-0.25, -0.2) is 9.69 Å². The van der Waals surface area contributed by atoms with Crippen LogP contribution >= 0.6 is 15.9 Å². The van der Waals surface area contributed by atoms with E-state index in [1.54, 1.807) is 18.2 Å². The van der Waals surface area contributed by atoms with Gasteiger partial charge in [0.25, 0.3) is 0 Å². The molecule has 0 radical (unpaired) electrons. The first-order chi connectivity index (χ1) is 20.2. The number of aryl methyl sites for hydroxylation is 2. The second-order valence-corrected chi connectivity index (χ2v) is 12.5. The van der Waals surface area contributed by atoms with Crippen LogP contribution in [-0.2, 0) is 18.7 Å². The van der Waals surface area contributed by atoms with Crippen molar-refractivity contribution in [3.8, 4) is 0 Å². The van der Waals surface area contributed by atoms with Crippen molar-refractivity contribution in [1.29, 1.82) is 0 Å². The Morgan fingerprint density at radius 3 is 2.10 bits per heavy atom. The molecular formula is C35H26BrNO5. The lowest BCUT2D eigenvalue weighted by atomic mass is 9.55. The SMILES string of the molecule is Cc1ccc(C)c(C(=O)COC(=O)c2ccc(N3C(=O)[C@H]4C5c6ccccc6C(Br)(c6ccccc65)[C@H]4C3=O)cc2)c1. The van der Waals surface area contributed by atoms with Gasteiger partial charge in [-0.2, -0.15) is 0 Å². The fourth-order valence-corrected chi connectivity index (χ4v) is 8.21. The molecule has 2 atom stereocenters. The Labute approximate surface area is 251 Å². The third-order valence-corrected chi connectivity index (χ3v) is 10.3. The van der Waals surface area contributed by atoms with Crippen molar-refractivity contribution in [2.75, 3.05) is 11.5 Å². The summed E-state index contributed by atoms with van der Waals surface area (Å²) in [5.74, 6) is -2.86. The van der Waals surface area contributed by atoms with E-state index in [4.69, 9.17) is 4.74 Å². The highest BCUT2D eigenvalue weighted by Crippen LogP contribution is 2.66. The molecule has 8 rings (SSSR count). The van der Waals surface area contributed by atoms with Crippen LogP contribution in [0.3, 0.4) is 0 Å². The predicted octanol–water partition coefficient (Wildman–Crippen LogP) is 6.25. The number of imide groups is 1. The molecule has 0 N–H and O–H groups in total. The van der Waals surface area contributed by atoms with E-state index in [-0.39, 0.29) is 35.7 Å². The smallest absolute Gasteiger partial charge is 0.338 e. The number of alkyl halides is 1. The van der Waals surface area contributed by atoms with Gasteiger partial charge in [-0.3, -0.25) is 14.4 Å². The molecule has 0 aromatic heterocycles. The maximum absolute atomic E-state index is 14.1. The summed E-state index contributed by atoms with van der Waals surface area (Å²) in [5, 5.41) is 0. The lowest BCUT2D eigenvalue weighted by Crippen LogP contribution is -2.50. The molecule has 42 heavy (non-hydrogen) atoms. The van der Waals surface area contributed by atoms with Gasteiger partial charge >= 0.3 is 5.97 Å². The van der Waals surface area contributed by atoms with Gasteiger partial charge in [0, 0.05) is 11.5 Å². The van der Waals surface area contributed by atoms with Crippen molar-refractivity contribution < 1.29 is 23.9 Å². The van der Waals surface area contributed by atoms with Crippen LogP contribution in [0.1, 0.15) is 60.0 Å². The highest BCUT2D eigenvalue weighted by Gasteiger charge is 2.67. The van der Waals surface area contributed by atoms with Crippen molar-refractivity contribution in [3.63, 3.8) is 0 Å². The first-order valence-corrected chi connectivity index (χ1v) is 14.6. The zero-order valence-electron chi connectivity index (χ0n) is 23.0.